The van der Waals surface area contributed by atoms with Crippen LogP contribution in [0.15, 0.2) is 51.8 Å². The van der Waals surface area contributed by atoms with Crippen LogP contribution in [-0.2, 0) is 14.8 Å². The lowest BCUT2D eigenvalue weighted by Gasteiger charge is -2.26. The van der Waals surface area contributed by atoms with Crippen molar-refractivity contribution in [3.63, 3.8) is 0 Å². The highest BCUT2D eigenvalue weighted by atomic mass is 32.2. The quantitative estimate of drug-likeness (QED) is 0.630. The Morgan fingerprint density at radius 3 is 2.56 bits per heavy atom. The number of carbonyl (C=O) groups excluding carboxylic acids is 1. The summed E-state index contributed by atoms with van der Waals surface area (Å²) in [5.74, 6) is -0.400. The van der Waals surface area contributed by atoms with E-state index in [4.69, 9.17) is 4.74 Å². The maximum Gasteiger partial charge on any atom is 0.271 e. The molecule has 0 atom stereocenters. The number of sulfonamides is 1. The number of ether oxygens (including phenoxy) is 1. The van der Waals surface area contributed by atoms with E-state index >= 15 is 0 Å². The van der Waals surface area contributed by atoms with Crippen LogP contribution in [0.2, 0.25) is 0 Å². The Kier molecular flexibility index (Phi) is 5.59. The third-order valence-electron chi connectivity index (χ3n) is 3.63. The molecule has 0 spiro atoms. The molecule has 7 nitrogen and oxygen atoms in total. The Hall–Kier alpha value is -2.07. The molecule has 2 heterocycles. The minimum absolute atomic E-state index is 0.160. The molecule has 2 aromatic rings. The Balaban J connectivity index is 1.66. The molecule has 1 saturated heterocycles. The van der Waals surface area contributed by atoms with Gasteiger partial charge in [0, 0.05) is 23.5 Å². The summed E-state index contributed by atoms with van der Waals surface area (Å²) in [5, 5.41) is 5.79. The molecule has 1 fully saturated rings. The second-order valence-electron chi connectivity index (χ2n) is 5.26. The predicted molar refractivity (Wildman–Crippen MR) is 95.4 cm³/mol. The van der Waals surface area contributed by atoms with Crippen molar-refractivity contribution in [3.8, 4) is 0 Å². The zero-order valence-corrected chi connectivity index (χ0v) is 14.9. The van der Waals surface area contributed by atoms with E-state index in [1.165, 1.54) is 39.9 Å². The van der Waals surface area contributed by atoms with Crippen molar-refractivity contribution in [2.75, 3.05) is 26.3 Å². The zero-order valence-electron chi connectivity index (χ0n) is 13.3. The van der Waals surface area contributed by atoms with E-state index in [-0.39, 0.29) is 4.90 Å². The van der Waals surface area contributed by atoms with Crippen molar-refractivity contribution in [1.82, 2.24) is 9.73 Å². The van der Waals surface area contributed by atoms with Crippen LogP contribution < -0.4 is 5.43 Å². The van der Waals surface area contributed by atoms with E-state index in [2.05, 4.69) is 10.5 Å². The van der Waals surface area contributed by atoms with E-state index in [9.17, 15) is 13.2 Å². The van der Waals surface area contributed by atoms with E-state index in [1.54, 1.807) is 6.21 Å². The number of hydrogen-bond acceptors (Lipinski definition) is 6. The van der Waals surface area contributed by atoms with Gasteiger partial charge in [0.25, 0.3) is 5.91 Å². The Bertz CT molecular complexity index is 840. The highest BCUT2D eigenvalue weighted by molar-refractivity contribution is 7.89. The summed E-state index contributed by atoms with van der Waals surface area (Å²) >= 11 is 1.51. The van der Waals surface area contributed by atoms with Gasteiger partial charge in [-0.1, -0.05) is 6.07 Å². The van der Waals surface area contributed by atoms with Gasteiger partial charge in [0.15, 0.2) is 0 Å². The van der Waals surface area contributed by atoms with E-state index in [1.807, 2.05) is 17.5 Å². The number of benzene rings is 1. The van der Waals surface area contributed by atoms with Crippen molar-refractivity contribution in [2.24, 2.45) is 5.10 Å². The Labute approximate surface area is 150 Å². The summed E-state index contributed by atoms with van der Waals surface area (Å²) in [6.07, 6.45) is 1.56. The molecular weight excluding hydrogens is 362 g/mol. The number of morpholine rings is 1. The average Bonchev–Trinajstić information content (AvgIpc) is 3.16. The van der Waals surface area contributed by atoms with E-state index in [0.717, 1.165) is 4.88 Å². The molecule has 1 N–H and O–H groups in total. The van der Waals surface area contributed by atoms with Crippen LogP contribution in [-0.4, -0.2) is 51.1 Å². The highest BCUT2D eigenvalue weighted by Gasteiger charge is 2.26. The number of nitrogens with zero attached hydrogens (tertiary/aromatic N) is 2. The van der Waals surface area contributed by atoms with Gasteiger partial charge < -0.3 is 4.74 Å². The summed E-state index contributed by atoms with van der Waals surface area (Å²) in [4.78, 5) is 13.1. The third-order valence-corrected chi connectivity index (χ3v) is 6.35. The fraction of sp³-hybridized carbons (Fsp3) is 0.250. The summed E-state index contributed by atoms with van der Waals surface area (Å²) in [7, 11) is -3.56. The number of amides is 1. The Morgan fingerprint density at radius 2 is 1.92 bits per heavy atom. The molecule has 0 unspecified atom stereocenters. The number of thiophene rings is 1. The van der Waals surface area contributed by atoms with Crippen molar-refractivity contribution >= 4 is 33.5 Å². The van der Waals surface area contributed by atoms with Gasteiger partial charge in [0.2, 0.25) is 10.0 Å². The first-order valence-electron chi connectivity index (χ1n) is 7.62. The normalized spacial score (nSPS) is 16.2. The molecule has 132 valence electrons. The topological polar surface area (TPSA) is 88.1 Å². The molecule has 1 aliphatic rings. The van der Waals surface area contributed by atoms with Crippen molar-refractivity contribution in [3.05, 3.63) is 52.2 Å². The lowest BCUT2D eigenvalue weighted by Crippen LogP contribution is -2.40. The predicted octanol–water partition coefficient (Wildman–Crippen LogP) is 1.53. The maximum atomic E-state index is 12.5. The number of nitrogens with one attached hydrogen (secondary N) is 1. The average molecular weight is 379 g/mol. The lowest BCUT2D eigenvalue weighted by molar-refractivity contribution is 0.0730. The second kappa shape index (κ2) is 7.87. The van der Waals surface area contributed by atoms with Crippen LogP contribution in [0.1, 0.15) is 15.2 Å². The maximum absolute atomic E-state index is 12.5. The number of hydrazone groups is 1. The molecule has 3 rings (SSSR count). The molecule has 1 aliphatic heterocycles. The standard InChI is InChI=1S/C16H17N3O4S2/c20-16(18-17-12-14-2-1-11-24-14)13-3-5-15(6-4-13)25(21,22)19-7-9-23-10-8-19/h1-6,11-12H,7-10H2,(H,18,20). The Morgan fingerprint density at radius 1 is 1.20 bits per heavy atom. The fourth-order valence-corrected chi connectivity index (χ4v) is 4.29. The van der Waals surface area contributed by atoms with Crippen molar-refractivity contribution in [1.29, 1.82) is 0 Å². The smallest absolute Gasteiger partial charge is 0.271 e. The van der Waals surface area contributed by atoms with Gasteiger partial charge in [-0.15, -0.1) is 11.3 Å². The van der Waals surface area contributed by atoms with Crippen LogP contribution in [0.25, 0.3) is 0 Å². The second-order valence-corrected chi connectivity index (χ2v) is 8.17. The third kappa shape index (κ3) is 4.31. The van der Waals surface area contributed by atoms with E-state index in [0.29, 0.717) is 31.9 Å². The number of carbonyl (C=O) groups is 1. The van der Waals surface area contributed by atoms with Crippen LogP contribution in [0.3, 0.4) is 0 Å². The summed E-state index contributed by atoms with van der Waals surface area (Å²) in [6.45, 7) is 1.45. The number of hydrogen-bond donors (Lipinski definition) is 1. The van der Waals surface area contributed by atoms with Crippen LogP contribution in [0, 0.1) is 0 Å². The summed E-state index contributed by atoms with van der Waals surface area (Å²) < 4.78 is 31.6. The first kappa shape index (κ1) is 17.7. The molecule has 9 heteroatoms. The van der Waals surface area contributed by atoms with Crippen LogP contribution in [0.4, 0.5) is 0 Å². The zero-order chi connectivity index (χ0) is 17.7. The minimum Gasteiger partial charge on any atom is -0.379 e. The molecule has 25 heavy (non-hydrogen) atoms. The van der Waals surface area contributed by atoms with Gasteiger partial charge in [0.05, 0.1) is 24.3 Å². The van der Waals surface area contributed by atoms with Crippen LogP contribution >= 0.6 is 11.3 Å². The lowest BCUT2D eigenvalue weighted by atomic mass is 10.2. The molecule has 1 aromatic heterocycles. The largest absolute Gasteiger partial charge is 0.379 e. The first-order chi connectivity index (χ1) is 12.1. The molecule has 1 aromatic carbocycles. The molecular formula is C16H17N3O4S2. The minimum atomic E-state index is -3.56. The van der Waals surface area contributed by atoms with Gasteiger partial charge in [-0.05, 0) is 35.7 Å². The van der Waals surface area contributed by atoms with Crippen LogP contribution in [0.5, 0.6) is 0 Å². The number of rotatable bonds is 5. The van der Waals surface area contributed by atoms with Gasteiger partial charge in [-0.2, -0.15) is 9.41 Å². The monoisotopic (exact) mass is 379 g/mol. The SMILES string of the molecule is O=C(NN=Cc1cccs1)c1ccc(S(=O)(=O)N2CCOCC2)cc1. The highest BCUT2D eigenvalue weighted by Crippen LogP contribution is 2.17. The van der Waals surface area contributed by atoms with Gasteiger partial charge in [-0.3, -0.25) is 4.79 Å². The molecule has 0 saturated carbocycles. The van der Waals surface area contributed by atoms with Crippen molar-refractivity contribution < 1.29 is 17.9 Å². The molecule has 1 amide bonds. The van der Waals surface area contributed by atoms with Crippen molar-refractivity contribution in [2.45, 2.75) is 4.90 Å². The summed E-state index contributed by atoms with van der Waals surface area (Å²) in [5.41, 5.74) is 2.76. The molecule has 0 radical (unpaired) electrons. The van der Waals surface area contributed by atoms with Gasteiger partial charge in [-0.25, -0.2) is 13.8 Å². The summed E-state index contributed by atoms with van der Waals surface area (Å²) in [6, 6.07) is 9.59. The van der Waals surface area contributed by atoms with Gasteiger partial charge >= 0.3 is 0 Å². The fourth-order valence-electron chi connectivity index (χ4n) is 2.30. The first-order valence-corrected chi connectivity index (χ1v) is 9.94. The van der Waals surface area contributed by atoms with E-state index < -0.39 is 15.9 Å². The molecule has 0 aliphatic carbocycles. The molecule has 0 bridgehead atoms. The van der Waals surface area contributed by atoms with Gasteiger partial charge in [0.1, 0.15) is 0 Å².